The number of benzene rings is 2. The maximum absolute atomic E-state index is 12.7. The van der Waals surface area contributed by atoms with E-state index in [4.69, 9.17) is 27.6 Å². The van der Waals surface area contributed by atoms with Gasteiger partial charge in [-0.2, -0.15) is 0 Å². The molecule has 2 heterocycles. The van der Waals surface area contributed by atoms with Crippen molar-refractivity contribution in [2.75, 3.05) is 12.8 Å². The largest absolute Gasteiger partial charge is 0.467 e. The van der Waals surface area contributed by atoms with Crippen LogP contribution in [0.15, 0.2) is 76.5 Å². The Labute approximate surface area is 200 Å². The minimum Gasteiger partial charge on any atom is -0.467 e. The SMILES string of the molecule is CN(Cc1ccco1)C(=O)CSc1nnc(-c2ccc(Cl)cc2Cl)n1Cc1ccccc1. The molecule has 0 N–H and O–H groups in total. The number of amides is 1. The number of thioether (sulfide) groups is 1. The quantitative estimate of drug-likeness (QED) is 0.301. The number of hydrogen-bond donors (Lipinski definition) is 0. The van der Waals surface area contributed by atoms with Crippen molar-refractivity contribution in [1.29, 1.82) is 0 Å². The summed E-state index contributed by atoms with van der Waals surface area (Å²) >= 11 is 13.8. The molecule has 1 amide bonds. The molecule has 9 heteroatoms. The molecule has 4 rings (SSSR count). The van der Waals surface area contributed by atoms with Crippen LogP contribution in [-0.2, 0) is 17.9 Å². The van der Waals surface area contributed by atoms with Crippen LogP contribution in [0.2, 0.25) is 10.0 Å². The fourth-order valence-corrected chi connectivity index (χ4v) is 4.51. The Bertz CT molecular complexity index is 1200. The number of aromatic nitrogens is 3. The molecule has 0 fully saturated rings. The molecule has 0 unspecified atom stereocenters. The van der Waals surface area contributed by atoms with Crippen molar-refractivity contribution in [2.45, 2.75) is 18.2 Å². The molecule has 0 bridgehead atoms. The summed E-state index contributed by atoms with van der Waals surface area (Å²) in [6.45, 7) is 0.954. The molecule has 32 heavy (non-hydrogen) atoms. The molecular formula is C23H20Cl2N4O2S. The molecule has 0 spiro atoms. The summed E-state index contributed by atoms with van der Waals surface area (Å²) in [5, 5.41) is 10.4. The van der Waals surface area contributed by atoms with Crippen molar-refractivity contribution in [1.82, 2.24) is 19.7 Å². The van der Waals surface area contributed by atoms with Crippen LogP contribution in [0.25, 0.3) is 11.4 Å². The molecule has 2 aromatic heterocycles. The van der Waals surface area contributed by atoms with Crippen LogP contribution in [-0.4, -0.2) is 38.4 Å². The highest BCUT2D eigenvalue weighted by atomic mass is 35.5. The van der Waals surface area contributed by atoms with Gasteiger partial charge in [-0.05, 0) is 35.9 Å². The summed E-state index contributed by atoms with van der Waals surface area (Å²) in [4.78, 5) is 14.3. The lowest BCUT2D eigenvalue weighted by Crippen LogP contribution is -2.27. The first-order valence-corrected chi connectivity index (χ1v) is 11.6. The van der Waals surface area contributed by atoms with Gasteiger partial charge in [-0.15, -0.1) is 10.2 Å². The van der Waals surface area contributed by atoms with Crippen LogP contribution in [0.3, 0.4) is 0 Å². The van der Waals surface area contributed by atoms with Gasteiger partial charge in [0.1, 0.15) is 5.76 Å². The van der Waals surface area contributed by atoms with Gasteiger partial charge >= 0.3 is 0 Å². The van der Waals surface area contributed by atoms with Crippen LogP contribution in [0.4, 0.5) is 0 Å². The fourth-order valence-electron chi connectivity index (χ4n) is 3.14. The fraction of sp³-hybridized carbons (Fsp3) is 0.174. The number of furan rings is 1. The molecule has 164 valence electrons. The topological polar surface area (TPSA) is 64.2 Å². The average molecular weight is 487 g/mol. The van der Waals surface area contributed by atoms with Crippen LogP contribution in [0, 0.1) is 0 Å². The summed E-state index contributed by atoms with van der Waals surface area (Å²) < 4.78 is 7.29. The van der Waals surface area contributed by atoms with Gasteiger partial charge in [-0.25, -0.2) is 0 Å². The summed E-state index contributed by atoms with van der Waals surface area (Å²) in [5.74, 6) is 1.54. The molecule has 0 saturated heterocycles. The van der Waals surface area contributed by atoms with Crippen molar-refractivity contribution < 1.29 is 9.21 Å². The predicted octanol–water partition coefficient (Wildman–Crippen LogP) is 5.64. The highest BCUT2D eigenvalue weighted by Gasteiger charge is 2.19. The maximum Gasteiger partial charge on any atom is 0.233 e. The summed E-state index contributed by atoms with van der Waals surface area (Å²) in [5.41, 5.74) is 1.81. The smallest absolute Gasteiger partial charge is 0.233 e. The van der Waals surface area contributed by atoms with Crippen molar-refractivity contribution >= 4 is 40.9 Å². The zero-order chi connectivity index (χ0) is 22.5. The lowest BCUT2D eigenvalue weighted by Gasteiger charge is -2.16. The van der Waals surface area contributed by atoms with Crippen molar-refractivity contribution in [3.05, 3.63) is 88.3 Å². The zero-order valence-corrected chi connectivity index (χ0v) is 19.6. The molecule has 0 radical (unpaired) electrons. The van der Waals surface area contributed by atoms with Gasteiger partial charge in [-0.1, -0.05) is 65.3 Å². The Kier molecular flexibility index (Phi) is 7.19. The van der Waals surface area contributed by atoms with Crippen LogP contribution >= 0.6 is 35.0 Å². The summed E-state index contributed by atoms with van der Waals surface area (Å²) in [6.07, 6.45) is 1.60. The minimum atomic E-state index is -0.0354. The second kappa shape index (κ2) is 10.3. The van der Waals surface area contributed by atoms with Crippen LogP contribution < -0.4 is 0 Å². The van der Waals surface area contributed by atoms with Gasteiger partial charge in [0.15, 0.2) is 11.0 Å². The Hall–Kier alpha value is -2.74. The monoisotopic (exact) mass is 486 g/mol. The third-order valence-electron chi connectivity index (χ3n) is 4.80. The highest BCUT2D eigenvalue weighted by molar-refractivity contribution is 7.99. The molecule has 2 aromatic carbocycles. The first-order valence-electron chi connectivity index (χ1n) is 9.83. The zero-order valence-electron chi connectivity index (χ0n) is 17.2. The van der Waals surface area contributed by atoms with E-state index < -0.39 is 0 Å². The standard InChI is InChI=1S/C23H20Cl2N4O2S/c1-28(14-18-8-5-11-31-18)21(30)15-32-23-27-26-22(19-10-9-17(24)12-20(19)25)29(23)13-16-6-3-2-4-7-16/h2-12H,13-15H2,1H3. The van der Waals surface area contributed by atoms with Gasteiger partial charge < -0.3 is 9.32 Å². The van der Waals surface area contributed by atoms with Crippen LogP contribution in [0.1, 0.15) is 11.3 Å². The van der Waals surface area contributed by atoms with E-state index in [1.54, 1.807) is 36.4 Å². The molecule has 0 aliphatic carbocycles. The normalized spacial score (nSPS) is 11.0. The number of halogens is 2. The number of carbonyl (C=O) groups excluding carboxylic acids is 1. The van der Waals surface area contributed by atoms with Crippen molar-refractivity contribution in [3.8, 4) is 11.4 Å². The van der Waals surface area contributed by atoms with E-state index in [-0.39, 0.29) is 11.7 Å². The van der Waals surface area contributed by atoms with E-state index in [1.165, 1.54) is 11.8 Å². The van der Waals surface area contributed by atoms with Gasteiger partial charge in [0.25, 0.3) is 0 Å². The van der Waals surface area contributed by atoms with Gasteiger partial charge in [0.05, 0.1) is 30.1 Å². The Morgan fingerprint density at radius 3 is 2.62 bits per heavy atom. The third-order valence-corrected chi connectivity index (χ3v) is 6.30. The lowest BCUT2D eigenvalue weighted by atomic mass is 10.2. The molecule has 0 saturated carbocycles. The molecular weight excluding hydrogens is 467 g/mol. The molecule has 0 atom stereocenters. The Balaban J connectivity index is 1.57. The lowest BCUT2D eigenvalue weighted by molar-refractivity contribution is -0.127. The average Bonchev–Trinajstić information content (AvgIpc) is 3.43. The maximum atomic E-state index is 12.7. The van der Waals surface area contributed by atoms with E-state index in [1.807, 2.05) is 47.0 Å². The number of hydrogen-bond acceptors (Lipinski definition) is 5. The van der Waals surface area contributed by atoms with E-state index in [0.717, 1.165) is 16.9 Å². The van der Waals surface area contributed by atoms with Crippen molar-refractivity contribution in [2.24, 2.45) is 0 Å². The van der Waals surface area contributed by atoms with Gasteiger partial charge in [0, 0.05) is 17.6 Å². The second-order valence-corrected chi connectivity index (χ2v) is 8.91. The van der Waals surface area contributed by atoms with E-state index in [9.17, 15) is 4.79 Å². The molecule has 6 nitrogen and oxygen atoms in total. The van der Waals surface area contributed by atoms with Gasteiger partial charge in [0.2, 0.25) is 5.91 Å². The van der Waals surface area contributed by atoms with E-state index >= 15 is 0 Å². The summed E-state index contributed by atoms with van der Waals surface area (Å²) in [6, 6.07) is 18.9. The van der Waals surface area contributed by atoms with Crippen molar-refractivity contribution in [3.63, 3.8) is 0 Å². The highest BCUT2D eigenvalue weighted by Crippen LogP contribution is 2.32. The minimum absolute atomic E-state index is 0.0354. The number of nitrogens with zero attached hydrogens (tertiary/aromatic N) is 4. The second-order valence-electron chi connectivity index (χ2n) is 7.12. The van der Waals surface area contributed by atoms with E-state index in [0.29, 0.717) is 34.1 Å². The first-order chi connectivity index (χ1) is 15.5. The Morgan fingerprint density at radius 2 is 1.91 bits per heavy atom. The van der Waals surface area contributed by atoms with E-state index in [2.05, 4.69) is 10.2 Å². The molecule has 0 aliphatic rings. The molecule has 4 aromatic rings. The molecule has 0 aliphatic heterocycles. The Morgan fingerprint density at radius 1 is 1.09 bits per heavy atom. The number of carbonyl (C=O) groups is 1. The summed E-state index contributed by atoms with van der Waals surface area (Å²) in [7, 11) is 1.75. The predicted molar refractivity (Wildman–Crippen MR) is 127 cm³/mol. The number of rotatable bonds is 8. The third kappa shape index (κ3) is 5.35. The van der Waals surface area contributed by atoms with Gasteiger partial charge in [-0.3, -0.25) is 9.36 Å². The first kappa shape index (κ1) is 22.5. The van der Waals surface area contributed by atoms with Crippen LogP contribution in [0.5, 0.6) is 0 Å².